The monoisotopic (exact) mass is 367 g/mol. The second kappa shape index (κ2) is 8.34. The molecule has 0 aliphatic carbocycles. The summed E-state index contributed by atoms with van der Waals surface area (Å²) in [5.74, 6) is -0.308. The number of hydrogen-bond donors (Lipinski definition) is 1. The summed E-state index contributed by atoms with van der Waals surface area (Å²) in [6, 6.07) is 8.12. The SMILES string of the molecule is CCC[C@@H](C)c1nnc(NC(=O)CCS(=O)(=O)c2ccccc2)s1. The summed E-state index contributed by atoms with van der Waals surface area (Å²) in [7, 11) is -3.46. The first-order chi connectivity index (χ1) is 11.4. The zero-order valence-electron chi connectivity index (χ0n) is 13.7. The van der Waals surface area contributed by atoms with Gasteiger partial charge in [-0.15, -0.1) is 10.2 Å². The Morgan fingerprint density at radius 3 is 2.62 bits per heavy atom. The summed E-state index contributed by atoms with van der Waals surface area (Å²) < 4.78 is 24.3. The summed E-state index contributed by atoms with van der Waals surface area (Å²) in [5.41, 5.74) is 0. The molecule has 24 heavy (non-hydrogen) atoms. The lowest BCUT2D eigenvalue weighted by Crippen LogP contribution is -2.17. The lowest BCUT2D eigenvalue weighted by Gasteiger charge is -2.04. The predicted molar refractivity (Wildman–Crippen MR) is 95.0 cm³/mol. The van der Waals surface area contributed by atoms with E-state index in [1.165, 1.54) is 23.5 Å². The zero-order chi connectivity index (χ0) is 17.6. The molecule has 8 heteroatoms. The van der Waals surface area contributed by atoms with Gasteiger partial charge in [0.2, 0.25) is 11.0 Å². The summed E-state index contributed by atoms with van der Waals surface area (Å²) in [4.78, 5) is 12.2. The quantitative estimate of drug-likeness (QED) is 0.773. The number of sulfone groups is 1. The van der Waals surface area contributed by atoms with E-state index < -0.39 is 9.84 Å². The molecule has 0 aliphatic heterocycles. The molecule has 6 nitrogen and oxygen atoms in total. The summed E-state index contributed by atoms with van der Waals surface area (Å²) in [5, 5.41) is 11.9. The number of benzene rings is 1. The Labute approximate surface area is 146 Å². The van der Waals surface area contributed by atoms with Gasteiger partial charge in [0.15, 0.2) is 9.84 Å². The Balaban J connectivity index is 1.90. The van der Waals surface area contributed by atoms with Crippen LogP contribution in [0.3, 0.4) is 0 Å². The fourth-order valence-corrected chi connectivity index (χ4v) is 4.30. The van der Waals surface area contributed by atoms with Crippen molar-refractivity contribution in [2.45, 2.75) is 43.9 Å². The van der Waals surface area contributed by atoms with Crippen LogP contribution in [0.2, 0.25) is 0 Å². The first kappa shape index (κ1) is 18.5. The number of hydrogen-bond acceptors (Lipinski definition) is 6. The zero-order valence-corrected chi connectivity index (χ0v) is 15.4. The molecule has 0 radical (unpaired) electrons. The van der Waals surface area contributed by atoms with Crippen molar-refractivity contribution in [2.24, 2.45) is 0 Å². The summed E-state index contributed by atoms with van der Waals surface area (Å²) in [6.07, 6.45) is 1.95. The second-order valence-corrected chi connectivity index (χ2v) is 8.68. The molecule has 1 atom stereocenters. The lowest BCUT2D eigenvalue weighted by atomic mass is 10.1. The van der Waals surface area contributed by atoms with E-state index >= 15 is 0 Å². The van der Waals surface area contributed by atoms with Crippen molar-refractivity contribution in [1.29, 1.82) is 0 Å². The molecule has 1 N–H and O–H groups in total. The third kappa shape index (κ3) is 5.10. The van der Waals surface area contributed by atoms with Gasteiger partial charge in [-0.25, -0.2) is 8.42 Å². The largest absolute Gasteiger partial charge is 0.301 e. The Bertz CT molecular complexity index is 773. The van der Waals surface area contributed by atoms with Crippen LogP contribution in [0.15, 0.2) is 35.2 Å². The average Bonchev–Trinajstić information content (AvgIpc) is 3.03. The van der Waals surface area contributed by atoms with Gasteiger partial charge in [-0.05, 0) is 18.6 Å². The van der Waals surface area contributed by atoms with Crippen LogP contribution in [0.5, 0.6) is 0 Å². The van der Waals surface area contributed by atoms with Gasteiger partial charge < -0.3 is 5.32 Å². The van der Waals surface area contributed by atoms with Gasteiger partial charge in [0, 0.05) is 12.3 Å². The Morgan fingerprint density at radius 1 is 1.25 bits per heavy atom. The molecule has 1 aromatic carbocycles. The first-order valence-electron chi connectivity index (χ1n) is 7.83. The van der Waals surface area contributed by atoms with Crippen molar-refractivity contribution in [2.75, 3.05) is 11.1 Å². The van der Waals surface area contributed by atoms with E-state index in [9.17, 15) is 13.2 Å². The maximum atomic E-state index is 12.1. The van der Waals surface area contributed by atoms with Crippen LogP contribution >= 0.6 is 11.3 Å². The number of anilines is 1. The maximum absolute atomic E-state index is 12.1. The van der Waals surface area contributed by atoms with E-state index in [1.807, 2.05) is 0 Å². The van der Waals surface area contributed by atoms with Gasteiger partial charge in [0.25, 0.3) is 0 Å². The van der Waals surface area contributed by atoms with E-state index in [0.717, 1.165) is 17.8 Å². The first-order valence-corrected chi connectivity index (χ1v) is 10.3. The summed E-state index contributed by atoms with van der Waals surface area (Å²) in [6.45, 7) is 4.18. The lowest BCUT2D eigenvalue weighted by molar-refractivity contribution is -0.115. The number of rotatable bonds is 8. The van der Waals surface area contributed by atoms with Crippen LogP contribution in [-0.4, -0.2) is 30.3 Å². The smallest absolute Gasteiger partial charge is 0.227 e. The molecule has 1 heterocycles. The fraction of sp³-hybridized carbons (Fsp3) is 0.438. The average molecular weight is 367 g/mol. The minimum absolute atomic E-state index is 0.114. The van der Waals surface area contributed by atoms with Crippen LogP contribution in [0.25, 0.3) is 0 Å². The van der Waals surface area contributed by atoms with Gasteiger partial charge in [0.1, 0.15) is 5.01 Å². The van der Waals surface area contributed by atoms with Gasteiger partial charge in [-0.3, -0.25) is 4.79 Å². The van der Waals surface area contributed by atoms with Gasteiger partial charge in [-0.2, -0.15) is 0 Å². The number of nitrogens with zero attached hydrogens (tertiary/aromatic N) is 2. The number of carbonyl (C=O) groups excluding carboxylic acids is 1. The number of amides is 1. The standard InChI is InChI=1S/C16H21N3O3S2/c1-3-7-12(2)15-18-19-16(23-15)17-14(20)10-11-24(21,22)13-8-5-4-6-9-13/h4-6,8-9,12H,3,7,10-11H2,1-2H3,(H,17,19,20)/t12-/m1/s1. The van der Waals surface area contributed by atoms with E-state index in [2.05, 4.69) is 29.4 Å². The molecule has 1 amide bonds. The molecule has 0 bridgehead atoms. The molecular weight excluding hydrogens is 346 g/mol. The van der Waals surface area contributed by atoms with E-state index in [4.69, 9.17) is 0 Å². The molecule has 130 valence electrons. The molecule has 0 spiro atoms. The minimum atomic E-state index is -3.46. The van der Waals surface area contributed by atoms with E-state index in [-0.39, 0.29) is 23.0 Å². The highest BCUT2D eigenvalue weighted by Crippen LogP contribution is 2.26. The molecular formula is C16H21N3O3S2. The van der Waals surface area contributed by atoms with Gasteiger partial charge in [0.05, 0.1) is 10.6 Å². The van der Waals surface area contributed by atoms with Crippen molar-refractivity contribution in [3.05, 3.63) is 35.3 Å². The third-order valence-corrected chi connectivity index (χ3v) is 6.33. The van der Waals surface area contributed by atoms with Crippen LogP contribution in [0.1, 0.15) is 44.0 Å². The number of aromatic nitrogens is 2. The topological polar surface area (TPSA) is 89.0 Å². The normalized spacial score (nSPS) is 12.8. The molecule has 0 aliphatic rings. The van der Waals surface area contributed by atoms with Crippen LogP contribution < -0.4 is 5.32 Å². The van der Waals surface area contributed by atoms with Gasteiger partial charge in [-0.1, -0.05) is 49.8 Å². The van der Waals surface area contributed by atoms with Crippen molar-refractivity contribution >= 4 is 32.2 Å². The Kier molecular flexibility index (Phi) is 6.44. The highest BCUT2D eigenvalue weighted by Gasteiger charge is 2.17. The molecule has 1 aromatic heterocycles. The highest BCUT2D eigenvalue weighted by atomic mass is 32.2. The highest BCUT2D eigenvalue weighted by molar-refractivity contribution is 7.91. The van der Waals surface area contributed by atoms with E-state index in [1.54, 1.807) is 18.2 Å². The molecule has 0 fully saturated rings. The fourth-order valence-electron chi connectivity index (χ4n) is 2.20. The second-order valence-electron chi connectivity index (χ2n) is 5.57. The molecule has 0 unspecified atom stereocenters. The number of nitrogens with one attached hydrogen (secondary N) is 1. The van der Waals surface area contributed by atoms with Crippen molar-refractivity contribution in [3.63, 3.8) is 0 Å². The summed E-state index contributed by atoms with van der Waals surface area (Å²) >= 11 is 1.34. The third-order valence-electron chi connectivity index (χ3n) is 3.53. The van der Waals surface area contributed by atoms with Crippen molar-refractivity contribution < 1.29 is 13.2 Å². The van der Waals surface area contributed by atoms with Crippen molar-refractivity contribution in [3.8, 4) is 0 Å². The molecule has 2 rings (SSSR count). The number of carbonyl (C=O) groups is 1. The molecule has 0 saturated heterocycles. The van der Waals surface area contributed by atoms with E-state index in [0.29, 0.717) is 11.0 Å². The Morgan fingerprint density at radius 2 is 1.96 bits per heavy atom. The van der Waals surface area contributed by atoms with Crippen molar-refractivity contribution in [1.82, 2.24) is 10.2 Å². The molecule has 0 saturated carbocycles. The molecule has 2 aromatic rings. The predicted octanol–water partition coefficient (Wildman–Crippen LogP) is 3.24. The minimum Gasteiger partial charge on any atom is -0.301 e. The van der Waals surface area contributed by atoms with Gasteiger partial charge >= 0.3 is 0 Å². The van der Waals surface area contributed by atoms with Crippen LogP contribution in [0, 0.1) is 0 Å². The maximum Gasteiger partial charge on any atom is 0.227 e. The van der Waals surface area contributed by atoms with Crippen LogP contribution in [-0.2, 0) is 14.6 Å². The Hall–Kier alpha value is -1.80. The van der Waals surface area contributed by atoms with Crippen LogP contribution in [0.4, 0.5) is 5.13 Å².